The van der Waals surface area contributed by atoms with Crippen molar-refractivity contribution in [2.75, 3.05) is 13.2 Å². The van der Waals surface area contributed by atoms with Gasteiger partial charge in [-0.05, 0) is 47.4 Å². The molecule has 172 valence electrons. The summed E-state index contributed by atoms with van der Waals surface area (Å²) in [5, 5.41) is 14.8. The second-order valence-electron chi connectivity index (χ2n) is 9.30. The fraction of sp³-hybridized carbons (Fsp3) is 0.423. The van der Waals surface area contributed by atoms with Crippen LogP contribution >= 0.6 is 0 Å². The highest BCUT2D eigenvalue weighted by Gasteiger charge is 2.44. The molecule has 4 atom stereocenters. The summed E-state index contributed by atoms with van der Waals surface area (Å²) in [5.41, 5.74) is 4.67. The van der Waals surface area contributed by atoms with E-state index >= 15 is 0 Å². The van der Waals surface area contributed by atoms with E-state index in [2.05, 4.69) is 34.9 Å². The lowest BCUT2D eigenvalue weighted by molar-refractivity contribution is -0.139. The molecule has 0 aliphatic heterocycles. The zero-order valence-corrected chi connectivity index (χ0v) is 18.3. The smallest absolute Gasteiger partial charge is 0.407 e. The van der Waals surface area contributed by atoms with Crippen LogP contribution in [0.1, 0.15) is 42.7 Å². The van der Waals surface area contributed by atoms with E-state index in [1.807, 2.05) is 24.3 Å². The summed E-state index contributed by atoms with van der Waals surface area (Å²) in [6, 6.07) is 16.1. The van der Waals surface area contributed by atoms with Crippen molar-refractivity contribution < 1.29 is 24.2 Å². The van der Waals surface area contributed by atoms with Gasteiger partial charge in [-0.1, -0.05) is 55.0 Å². The Balaban J connectivity index is 1.15. The number of amides is 2. The molecule has 0 spiro atoms. The number of carbonyl (C=O) groups excluding carboxylic acids is 2. The molecule has 5 rings (SSSR count). The molecule has 0 aromatic heterocycles. The maximum Gasteiger partial charge on any atom is 0.407 e. The van der Waals surface area contributed by atoms with E-state index in [0.29, 0.717) is 19.4 Å². The Kier molecular flexibility index (Phi) is 5.79. The van der Waals surface area contributed by atoms with E-state index in [4.69, 9.17) is 9.84 Å². The van der Waals surface area contributed by atoms with E-state index in [9.17, 15) is 14.4 Å². The first kappa shape index (κ1) is 21.5. The first-order valence-corrected chi connectivity index (χ1v) is 11.6. The van der Waals surface area contributed by atoms with Gasteiger partial charge in [-0.25, -0.2) is 4.79 Å². The number of carbonyl (C=O) groups is 3. The predicted molar refractivity (Wildman–Crippen MR) is 122 cm³/mol. The van der Waals surface area contributed by atoms with Crippen molar-refractivity contribution in [3.05, 3.63) is 59.7 Å². The second-order valence-corrected chi connectivity index (χ2v) is 9.30. The topological polar surface area (TPSA) is 105 Å². The van der Waals surface area contributed by atoms with Crippen molar-refractivity contribution in [3.63, 3.8) is 0 Å². The number of ether oxygens (including phenoxy) is 1. The molecule has 3 aliphatic rings. The van der Waals surface area contributed by atoms with Crippen LogP contribution in [-0.4, -0.2) is 42.3 Å². The fourth-order valence-electron chi connectivity index (χ4n) is 5.38. The second kappa shape index (κ2) is 8.89. The van der Waals surface area contributed by atoms with Crippen molar-refractivity contribution in [1.82, 2.24) is 10.6 Å². The number of carboxylic acid groups (broad SMARTS) is 1. The number of alkyl carbamates (subject to hydrolysis) is 1. The van der Waals surface area contributed by atoms with Crippen LogP contribution in [-0.2, 0) is 14.3 Å². The molecule has 2 saturated carbocycles. The third-order valence-electron chi connectivity index (χ3n) is 7.28. The summed E-state index contributed by atoms with van der Waals surface area (Å²) in [6.07, 6.45) is 2.39. The van der Waals surface area contributed by atoms with Crippen LogP contribution < -0.4 is 10.6 Å². The van der Waals surface area contributed by atoms with E-state index < -0.39 is 12.1 Å². The molecule has 2 unspecified atom stereocenters. The Hall–Kier alpha value is -3.35. The first-order chi connectivity index (χ1) is 16.0. The van der Waals surface area contributed by atoms with Crippen molar-refractivity contribution in [2.45, 2.75) is 37.6 Å². The highest BCUT2D eigenvalue weighted by Crippen LogP contribution is 2.44. The van der Waals surface area contributed by atoms with Crippen LogP contribution in [0.5, 0.6) is 0 Å². The lowest BCUT2D eigenvalue weighted by atomic mass is 9.98. The van der Waals surface area contributed by atoms with Crippen LogP contribution in [0.4, 0.5) is 4.79 Å². The van der Waals surface area contributed by atoms with Gasteiger partial charge >= 0.3 is 12.1 Å². The molecular formula is C26H28N2O5. The summed E-state index contributed by atoms with van der Waals surface area (Å²) in [5.74, 6) is -1.57. The molecule has 2 fully saturated rings. The summed E-state index contributed by atoms with van der Waals surface area (Å²) >= 11 is 0. The number of benzene rings is 2. The van der Waals surface area contributed by atoms with E-state index in [0.717, 1.165) is 24.0 Å². The summed E-state index contributed by atoms with van der Waals surface area (Å²) in [7, 11) is 0. The Morgan fingerprint density at radius 3 is 2.24 bits per heavy atom. The van der Waals surface area contributed by atoms with Gasteiger partial charge in [0.25, 0.3) is 0 Å². The normalized spacial score (nSPS) is 25.1. The molecule has 3 N–H and O–H groups in total. The molecule has 2 aromatic carbocycles. The number of hydrogen-bond donors (Lipinski definition) is 3. The first-order valence-electron chi connectivity index (χ1n) is 11.6. The molecule has 0 heterocycles. The summed E-state index contributed by atoms with van der Waals surface area (Å²) in [4.78, 5) is 36.2. The molecular weight excluding hydrogens is 420 g/mol. The quantitative estimate of drug-likeness (QED) is 0.601. The molecule has 3 aliphatic carbocycles. The number of fused-ring (bicyclic) bond motifs is 3. The highest BCUT2D eigenvalue weighted by atomic mass is 16.5. The Morgan fingerprint density at radius 2 is 1.61 bits per heavy atom. The third kappa shape index (κ3) is 4.32. The zero-order valence-electron chi connectivity index (χ0n) is 18.3. The van der Waals surface area contributed by atoms with Crippen molar-refractivity contribution in [2.24, 2.45) is 17.8 Å². The fourth-order valence-corrected chi connectivity index (χ4v) is 5.38. The molecule has 7 heteroatoms. The minimum Gasteiger partial charge on any atom is -0.481 e. The third-order valence-corrected chi connectivity index (χ3v) is 7.28. The van der Waals surface area contributed by atoms with Crippen LogP contribution in [0, 0.1) is 17.8 Å². The van der Waals surface area contributed by atoms with E-state index in [-0.39, 0.29) is 42.2 Å². The maximum absolute atomic E-state index is 12.6. The standard InChI is InChI=1S/C26H28N2O5/c29-24(27-13-15-12-21(15)25(30)31)20-10-5-11-23(20)28-26(32)33-14-22-18-8-3-1-6-16(18)17-7-2-4-9-19(17)22/h1-4,6-9,15,20-23H,5,10-14H2,(H,27,29)(H,28,32)(H,30,31)/t15?,20-,21?,23+/m0/s1. The minimum absolute atomic E-state index is 0.00783. The molecule has 0 radical (unpaired) electrons. The molecule has 0 saturated heterocycles. The van der Waals surface area contributed by atoms with Gasteiger partial charge in [0.2, 0.25) is 5.91 Å². The number of rotatable bonds is 7. The van der Waals surface area contributed by atoms with Crippen molar-refractivity contribution >= 4 is 18.0 Å². The SMILES string of the molecule is O=C(N[C@@H]1CCC[C@@H]1C(=O)NCC1CC1C(=O)O)OCC1c2ccccc2-c2ccccc21. The largest absolute Gasteiger partial charge is 0.481 e. The van der Waals surface area contributed by atoms with E-state index in [1.54, 1.807) is 0 Å². The summed E-state index contributed by atoms with van der Waals surface area (Å²) in [6.45, 7) is 0.617. The van der Waals surface area contributed by atoms with Gasteiger partial charge in [-0.15, -0.1) is 0 Å². The van der Waals surface area contributed by atoms with Crippen molar-refractivity contribution in [3.8, 4) is 11.1 Å². The summed E-state index contributed by atoms with van der Waals surface area (Å²) < 4.78 is 5.63. The van der Waals surface area contributed by atoms with Crippen molar-refractivity contribution in [1.29, 1.82) is 0 Å². The van der Waals surface area contributed by atoms with Gasteiger partial charge in [0.05, 0.1) is 11.8 Å². The molecule has 2 amide bonds. The van der Waals surface area contributed by atoms with Crippen LogP contribution in [0.3, 0.4) is 0 Å². The predicted octanol–water partition coefficient (Wildman–Crippen LogP) is 3.53. The van der Waals surface area contributed by atoms with Gasteiger partial charge < -0.3 is 20.5 Å². The lowest BCUT2D eigenvalue weighted by Crippen LogP contribution is -2.44. The Morgan fingerprint density at radius 1 is 0.939 bits per heavy atom. The van der Waals surface area contributed by atoms with Gasteiger partial charge in [0.15, 0.2) is 0 Å². The van der Waals surface area contributed by atoms with Gasteiger partial charge in [-0.3, -0.25) is 9.59 Å². The van der Waals surface area contributed by atoms with Gasteiger partial charge in [-0.2, -0.15) is 0 Å². The van der Waals surface area contributed by atoms with E-state index in [1.165, 1.54) is 11.1 Å². The zero-order chi connectivity index (χ0) is 22.9. The average molecular weight is 449 g/mol. The molecule has 2 aromatic rings. The molecule has 33 heavy (non-hydrogen) atoms. The van der Waals surface area contributed by atoms with Crippen LogP contribution in [0.2, 0.25) is 0 Å². The highest BCUT2D eigenvalue weighted by molar-refractivity contribution is 5.81. The monoisotopic (exact) mass is 448 g/mol. The van der Waals surface area contributed by atoms with Gasteiger partial charge in [0.1, 0.15) is 6.61 Å². The maximum atomic E-state index is 12.6. The molecule has 0 bridgehead atoms. The van der Waals surface area contributed by atoms with Crippen LogP contribution in [0.25, 0.3) is 11.1 Å². The Bertz CT molecular complexity index is 1040. The number of carboxylic acids is 1. The number of hydrogen-bond acceptors (Lipinski definition) is 4. The average Bonchev–Trinajstić information content (AvgIpc) is 3.35. The van der Waals surface area contributed by atoms with Gasteiger partial charge in [0, 0.05) is 18.5 Å². The number of aliphatic carboxylic acids is 1. The Labute approximate surface area is 192 Å². The lowest BCUT2D eigenvalue weighted by Gasteiger charge is -2.21. The minimum atomic E-state index is -0.801. The van der Waals surface area contributed by atoms with Crippen LogP contribution in [0.15, 0.2) is 48.5 Å². The number of nitrogens with one attached hydrogen (secondary N) is 2. The molecule has 7 nitrogen and oxygen atoms in total.